The molecule has 0 aliphatic heterocycles. The fraction of sp³-hybridized carbons (Fsp3) is 0.154. The molecule has 0 fully saturated rings. The minimum Gasteiger partial charge on any atom is -0.354 e. The Balaban J connectivity index is 2.48. The number of hydrogen-bond donors (Lipinski definition) is 1. The van der Waals surface area contributed by atoms with Gasteiger partial charge in [-0.15, -0.1) is 0 Å². The van der Waals surface area contributed by atoms with Crippen LogP contribution in [-0.4, -0.2) is 16.5 Å². The Morgan fingerprint density at radius 2 is 2.28 bits per heavy atom. The van der Waals surface area contributed by atoms with Gasteiger partial charge in [0.25, 0.3) is 0 Å². The van der Waals surface area contributed by atoms with Gasteiger partial charge in [0.05, 0.1) is 17.8 Å². The normalized spacial score (nSPS) is 9.83. The number of rotatable bonds is 3. The third-order valence-corrected chi connectivity index (χ3v) is 2.34. The number of aromatic nitrogens is 2. The maximum atomic E-state index is 13.7. The highest BCUT2D eigenvalue weighted by molar-refractivity contribution is 5.62. The standard InChI is InChI=1S/C13H11FN4/c1-2-16-13-17-8-11(14)12(18-13)10-5-3-4-9(6-10)7-15/h3-6,8H,2H2,1H3,(H,16,17,18). The molecule has 0 bridgehead atoms. The van der Waals surface area contributed by atoms with Crippen molar-refractivity contribution in [1.82, 2.24) is 9.97 Å². The van der Waals surface area contributed by atoms with Gasteiger partial charge in [0.2, 0.25) is 5.95 Å². The van der Waals surface area contributed by atoms with Crippen molar-refractivity contribution in [2.24, 2.45) is 0 Å². The third kappa shape index (κ3) is 2.43. The second kappa shape index (κ2) is 5.23. The summed E-state index contributed by atoms with van der Waals surface area (Å²) < 4.78 is 13.7. The van der Waals surface area contributed by atoms with Gasteiger partial charge < -0.3 is 5.32 Å². The average Bonchev–Trinajstić information content (AvgIpc) is 2.41. The molecule has 90 valence electrons. The van der Waals surface area contributed by atoms with Gasteiger partial charge in [0.15, 0.2) is 5.82 Å². The molecular weight excluding hydrogens is 231 g/mol. The molecule has 0 saturated heterocycles. The Hall–Kier alpha value is -2.48. The number of halogens is 1. The van der Waals surface area contributed by atoms with E-state index in [-0.39, 0.29) is 5.69 Å². The number of anilines is 1. The van der Waals surface area contributed by atoms with Crippen LogP contribution < -0.4 is 5.32 Å². The van der Waals surface area contributed by atoms with Gasteiger partial charge in [-0.3, -0.25) is 0 Å². The van der Waals surface area contributed by atoms with Crippen molar-refractivity contribution in [1.29, 1.82) is 5.26 Å². The van der Waals surface area contributed by atoms with Crippen molar-refractivity contribution in [3.05, 3.63) is 41.8 Å². The van der Waals surface area contributed by atoms with Gasteiger partial charge in [-0.05, 0) is 19.1 Å². The fourth-order valence-corrected chi connectivity index (χ4v) is 1.55. The molecule has 2 aromatic rings. The van der Waals surface area contributed by atoms with E-state index in [4.69, 9.17) is 5.26 Å². The van der Waals surface area contributed by atoms with Crippen molar-refractivity contribution in [3.63, 3.8) is 0 Å². The zero-order valence-electron chi connectivity index (χ0n) is 9.81. The molecule has 1 aromatic carbocycles. The van der Waals surface area contributed by atoms with Crippen LogP contribution in [0.4, 0.5) is 10.3 Å². The summed E-state index contributed by atoms with van der Waals surface area (Å²) in [6, 6.07) is 8.68. The van der Waals surface area contributed by atoms with Crippen LogP contribution in [-0.2, 0) is 0 Å². The Bertz CT molecular complexity index is 604. The lowest BCUT2D eigenvalue weighted by Gasteiger charge is -2.06. The highest BCUT2D eigenvalue weighted by Gasteiger charge is 2.09. The van der Waals surface area contributed by atoms with Crippen LogP contribution in [0.15, 0.2) is 30.5 Å². The molecule has 5 heteroatoms. The van der Waals surface area contributed by atoms with E-state index < -0.39 is 5.82 Å². The largest absolute Gasteiger partial charge is 0.354 e. The van der Waals surface area contributed by atoms with Crippen LogP contribution in [0.2, 0.25) is 0 Å². The van der Waals surface area contributed by atoms with Crippen molar-refractivity contribution < 1.29 is 4.39 Å². The zero-order valence-corrected chi connectivity index (χ0v) is 9.81. The number of benzene rings is 1. The first-order valence-corrected chi connectivity index (χ1v) is 5.51. The molecule has 0 aliphatic rings. The molecule has 0 unspecified atom stereocenters. The summed E-state index contributed by atoms with van der Waals surface area (Å²) in [6.45, 7) is 2.56. The van der Waals surface area contributed by atoms with E-state index >= 15 is 0 Å². The van der Waals surface area contributed by atoms with Crippen LogP contribution in [0.25, 0.3) is 11.3 Å². The van der Waals surface area contributed by atoms with Crippen LogP contribution in [0.5, 0.6) is 0 Å². The lowest BCUT2D eigenvalue weighted by atomic mass is 10.1. The molecule has 1 aromatic heterocycles. The summed E-state index contributed by atoms with van der Waals surface area (Å²) in [6.07, 6.45) is 1.12. The molecule has 0 atom stereocenters. The summed E-state index contributed by atoms with van der Waals surface area (Å²) in [4.78, 5) is 7.94. The van der Waals surface area contributed by atoms with E-state index in [9.17, 15) is 4.39 Å². The molecule has 0 radical (unpaired) electrons. The van der Waals surface area contributed by atoms with Crippen molar-refractivity contribution >= 4 is 5.95 Å². The van der Waals surface area contributed by atoms with Crippen LogP contribution >= 0.6 is 0 Å². The Kier molecular flexibility index (Phi) is 3.49. The first-order chi connectivity index (χ1) is 8.74. The first kappa shape index (κ1) is 12.0. The van der Waals surface area contributed by atoms with Gasteiger partial charge in [-0.25, -0.2) is 14.4 Å². The molecule has 1 heterocycles. The second-order valence-corrected chi connectivity index (χ2v) is 3.61. The smallest absolute Gasteiger partial charge is 0.223 e. The van der Waals surface area contributed by atoms with Crippen molar-refractivity contribution in [2.75, 3.05) is 11.9 Å². The maximum Gasteiger partial charge on any atom is 0.223 e. The summed E-state index contributed by atoms with van der Waals surface area (Å²) in [5, 5.41) is 11.7. The monoisotopic (exact) mass is 242 g/mol. The lowest BCUT2D eigenvalue weighted by Crippen LogP contribution is -2.04. The maximum absolute atomic E-state index is 13.7. The molecule has 0 saturated carbocycles. The van der Waals surface area contributed by atoms with Crippen LogP contribution in [0, 0.1) is 17.1 Å². The average molecular weight is 242 g/mol. The number of nitrogens with zero attached hydrogens (tertiary/aromatic N) is 3. The number of hydrogen-bond acceptors (Lipinski definition) is 4. The summed E-state index contributed by atoms with van der Waals surface area (Å²) in [5.41, 5.74) is 1.22. The van der Waals surface area contributed by atoms with E-state index in [2.05, 4.69) is 15.3 Å². The highest BCUT2D eigenvalue weighted by Crippen LogP contribution is 2.21. The van der Waals surface area contributed by atoms with Gasteiger partial charge in [0.1, 0.15) is 5.69 Å². The predicted octanol–water partition coefficient (Wildman–Crippen LogP) is 2.59. The summed E-state index contributed by atoms with van der Waals surface area (Å²) in [7, 11) is 0. The lowest BCUT2D eigenvalue weighted by molar-refractivity contribution is 0.618. The molecule has 2 rings (SSSR count). The number of nitrogens with one attached hydrogen (secondary N) is 1. The highest BCUT2D eigenvalue weighted by atomic mass is 19.1. The quantitative estimate of drug-likeness (QED) is 0.898. The van der Waals surface area contributed by atoms with Crippen molar-refractivity contribution in [2.45, 2.75) is 6.92 Å². The SMILES string of the molecule is CCNc1ncc(F)c(-c2cccc(C#N)c2)n1. The molecule has 1 N–H and O–H groups in total. The van der Waals surface area contributed by atoms with E-state index in [0.717, 1.165) is 6.20 Å². The van der Waals surface area contributed by atoms with E-state index in [1.54, 1.807) is 24.3 Å². The minimum atomic E-state index is -0.508. The number of nitriles is 1. The summed E-state index contributed by atoms with van der Waals surface area (Å²) >= 11 is 0. The Morgan fingerprint density at radius 3 is 3.00 bits per heavy atom. The first-order valence-electron chi connectivity index (χ1n) is 5.51. The molecule has 0 aliphatic carbocycles. The topological polar surface area (TPSA) is 61.6 Å². The van der Waals surface area contributed by atoms with Crippen LogP contribution in [0.1, 0.15) is 12.5 Å². The zero-order chi connectivity index (χ0) is 13.0. The Labute approximate surface area is 104 Å². The predicted molar refractivity (Wildman–Crippen MR) is 66.3 cm³/mol. The van der Waals surface area contributed by atoms with E-state index in [1.165, 1.54) is 0 Å². The van der Waals surface area contributed by atoms with Gasteiger partial charge in [0, 0.05) is 12.1 Å². The molecule has 18 heavy (non-hydrogen) atoms. The minimum absolute atomic E-state index is 0.193. The molecule has 0 spiro atoms. The summed E-state index contributed by atoms with van der Waals surface area (Å²) in [5.74, 6) is -0.136. The van der Waals surface area contributed by atoms with E-state index in [0.29, 0.717) is 23.6 Å². The Morgan fingerprint density at radius 1 is 1.44 bits per heavy atom. The van der Waals surface area contributed by atoms with E-state index in [1.807, 2.05) is 13.0 Å². The van der Waals surface area contributed by atoms with Gasteiger partial charge >= 0.3 is 0 Å². The van der Waals surface area contributed by atoms with Crippen molar-refractivity contribution in [3.8, 4) is 17.3 Å². The molecule has 0 amide bonds. The molecular formula is C13H11FN4. The molecule has 4 nitrogen and oxygen atoms in total. The second-order valence-electron chi connectivity index (χ2n) is 3.61. The van der Waals surface area contributed by atoms with Gasteiger partial charge in [-0.2, -0.15) is 5.26 Å². The van der Waals surface area contributed by atoms with Gasteiger partial charge in [-0.1, -0.05) is 12.1 Å². The third-order valence-electron chi connectivity index (χ3n) is 2.34. The fourth-order valence-electron chi connectivity index (χ4n) is 1.55. The van der Waals surface area contributed by atoms with Crippen LogP contribution in [0.3, 0.4) is 0 Å².